The van der Waals surface area contributed by atoms with Gasteiger partial charge in [0.1, 0.15) is 0 Å². The molecule has 0 saturated carbocycles. The standard InChI is InChI=1S/C8H16N2O2/c1-6-5-12-8(3-9)4-10(6)7(2)11/h6,8H,3-5,9H2,1-2H3. The van der Waals surface area contributed by atoms with Gasteiger partial charge in [-0.25, -0.2) is 0 Å². The van der Waals surface area contributed by atoms with E-state index in [0.29, 0.717) is 19.7 Å². The van der Waals surface area contributed by atoms with Crippen molar-refractivity contribution in [1.29, 1.82) is 0 Å². The van der Waals surface area contributed by atoms with Gasteiger partial charge in [-0.15, -0.1) is 0 Å². The second kappa shape index (κ2) is 3.87. The lowest BCUT2D eigenvalue weighted by atomic mass is 10.2. The second-order valence-corrected chi connectivity index (χ2v) is 3.21. The topological polar surface area (TPSA) is 55.6 Å². The fourth-order valence-electron chi connectivity index (χ4n) is 1.40. The van der Waals surface area contributed by atoms with Crippen molar-refractivity contribution in [2.45, 2.75) is 26.0 Å². The minimum Gasteiger partial charge on any atom is -0.373 e. The normalized spacial score (nSPS) is 30.4. The number of ether oxygens (including phenoxy) is 1. The molecule has 0 radical (unpaired) electrons. The number of rotatable bonds is 1. The van der Waals surface area contributed by atoms with Crippen LogP contribution >= 0.6 is 0 Å². The highest BCUT2D eigenvalue weighted by Gasteiger charge is 2.26. The van der Waals surface area contributed by atoms with Crippen LogP contribution in [0, 0.1) is 0 Å². The van der Waals surface area contributed by atoms with Crippen LogP contribution in [0.2, 0.25) is 0 Å². The van der Waals surface area contributed by atoms with Crippen LogP contribution in [0.4, 0.5) is 0 Å². The van der Waals surface area contributed by atoms with Crippen LogP contribution in [0.15, 0.2) is 0 Å². The Kier molecular flexibility index (Phi) is 3.05. The zero-order valence-electron chi connectivity index (χ0n) is 7.62. The second-order valence-electron chi connectivity index (χ2n) is 3.21. The van der Waals surface area contributed by atoms with Gasteiger partial charge in [-0.05, 0) is 6.92 Å². The average Bonchev–Trinajstić information content (AvgIpc) is 2.05. The lowest BCUT2D eigenvalue weighted by molar-refractivity contribution is -0.141. The van der Waals surface area contributed by atoms with E-state index in [0.717, 1.165) is 0 Å². The van der Waals surface area contributed by atoms with Crippen LogP contribution in [-0.2, 0) is 9.53 Å². The van der Waals surface area contributed by atoms with Gasteiger partial charge < -0.3 is 15.4 Å². The van der Waals surface area contributed by atoms with Crippen LogP contribution in [0.3, 0.4) is 0 Å². The highest BCUT2D eigenvalue weighted by atomic mass is 16.5. The van der Waals surface area contributed by atoms with Gasteiger partial charge in [0.25, 0.3) is 0 Å². The Labute approximate surface area is 72.7 Å². The predicted octanol–water partition coefficient (Wildman–Crippen LogP) is -0.419. The molecule has 0 aromatic carbocycles. The molecular formula is C8H16N2O2. The van der Waals surface area contributed by atoms with E-state index in [4.69, 9.17) is 10.5 Å². The van der Waals surface area contributed by atoms with Crippen molar-refractivity contribution in [3.63, 3.8) is 0 Å². The Morgan fingerprint density at radius 3 is 2.92 bits per heavy atom. The SMILES string of the molecule is CC(=O)N1CC(CN)OCC1C. The van der Waals surface area contributed by atoms with Crippen molar-refractivity contribution in [3.05, 3.63) is 0 Å². The molecule has 0 spiro atoms. The quantitative estimate of drug-likeness (QED) is 0.584. The first-order chi connectivity index (χ1) is 5.65. The molecule has 2 N–H and O–H groups in total. The van der Waals surface area contributed by atoms with Crippen molar-refractivity contribution >= 4 is 5.91 Å². The molecule has 2 atom stereocenters. The number of carbonyl (C=O) groups is 1. The summed E-state index contributed by atoms with van der Waals surface area (Å²) in [4.78, 5) is 12.9. The molecule has 1 aliphatic heterocycles. The Balaban J connectivity index is 2.53. The minimum absolute atomic E-state index is 0.0186. The van der Waals surface area contributed by atoms with Crippen molar-refractivity contribution in [2.75, 3.05) is 19.7 Å². The molecule has 4 heteroatoms. The molecule has 1 saturated heterocycles. The number of carbonyl (C=O) groups excluding carboxylic acids is 1. The molecule has 4 nitrogen and oxygen atoms in total. The average molecular weight is 172 g/mol. The first-order valence-electron chi connectivity index (χ1n) is 4.24. The van der Waals surface area contributed by atoms with Crippen LogP contribution in [0.25, 0.3) is 0 Å². The van der Waals surface area contributed by atoms with Crippen molar-refractivity contribution < 1.29 is 9.53 Å². The van der Waals surface area contributed by atoms with Crippen molar-refractivity contribution in [1.82, 2.24) is 4.90 Å². The molecule has 2 unspecified atom stereocenters. The van der Waals surface area contributed by atoms with Gasteiger partial charge in [0.15, 0.2) is 0 Å². The zero-order valence-corrected chi connectivity index (χ0v) is 7.62. The molecule has 1 heterocycles. The largest absolute Gasteiger partial charge is 0.373 e. The zero-order chi connectivity index (χ0) is 9.14. The Hall–Kier alpha value is -0.610. The van der Waals surface area contributed by atoms with Gasteiger partial charge in [0.2, 0.25) is 5.91 Å². The van der Waals surface area contributed by atoms with E-state index in [1.165, 1.54) is 0 Å². The van der Waals surface area contributed by atoms with Crippen LogP contribution in [-0.4, -0.2) is 42.6 Å². The fraction of sp³-hybridized carbons (Fsp3) is 0.875. The highest BCUT2D eigenvalue weighted by molar-refractivity contribution is 5.73. The van der Waals surface area contributed by atoms with Crippen LogP contribution in [0.1, 0.15) is 13.8 Å². The van der Waals surface area contributed by atoms with Crippen LogP contribution < -0.4 is 5.73 Å². The summed E-state index contributed by atoms with van der Waals surface area (Å²) in [5, 5.41) is 0. The lowest BCUT2D eigenvalue weighted by Gasteiger charge is -2.37. The van der Waals surface area contributed by atoms with E-state index in [1.807, 2.05) is 6.92 Å². The van der Waals surface area contributed by atoms with Crippen LogP contribution in [0.5, 0.6) is 0 Å². The molecule has 12 heavy (non-hydrogen) atoms. The van der Waals surface area contributed by atoms with Gasteiger partial charge in [-0.3, -0.25) is 4.79 Å². The Morgan fingerprint density at radius 1 is 1.75 bits per heavy atom. The van der Waals surface area contributed by atoms with Gasteiger partial charge in [-0.1, -0.05) is 0 Å². The fourth-order valence-corrected chi connectivity index (χ4v) is 1.40. The highest BCUT2D eigenvalue weighted by Crippen LogP contribution is 2.10. The van der Waals surface area contributed by atoms with Gasteiger partial charge in [0, 0.05) is 20.0 Å². The van der Waals surface area contributed by atoms with Crippen molar-refractivity contribution in [2.24, 2.45) is 5.73 Å². The maximum atomic E-state index is 11.1. The molecular weight excluding hydrogens is 156 g/mol. The minimum atomic E-state index is 0.0186. The lowest BCUT2D eigenvalue weighted by Crippen LogP contribution is -2.52. The Bertz CT molecular complexity index is 172. The van der Waals surface area contributed by atoms with E-state index in [2.05, 4.69) is 0 Å². The summed E-state index contributed by atoms with van der Waals surface area (Å²) in [7, 11) is 0. The summed E-state index contributed by atoms with van der Waals surface area (Å²) in [6.07, 6.45) is 0.0186. The summed E-state index contributed by atoms with van der Waals surface area (Å²) in [6, 6.07) is 0.185. The summed E-state index contributed by atoms with van der Waals surface area (Å²) in [6.45, 7) is 5.27. The molecule has 0 aromatic rings. The smallest absolute Gasteiger partial charge is 0.219 e. The molecule has 1 amide bonds. The summed E-state index contributed by atoms with van der Waals surface area (Å²) >= 11 is 0. The third kappa shape index (κ3) is 1.95. The molecule has 0 bridgehead atoms. The van der Waals surface area contributed by atoms with E-state index in [-0.39, 0.29) is 18.1 Å². The number of nitrogens with two attached hydrogens (primary N) is 1. The van der Waals surface area contributed by atoms with Gasteiger partial charge >= 0.3 is 0 Å². The Morgan fingerprint density at radius 2 is 2.42 bits per heavy atom. The van der Waals surface area contributed by atoms with Gasteiger partial charge in [-0.2, -0.15) is 0 Å². The van der Waals surface area contributed by atoms with E-state index < -0.39 is 0 Å². The first kappa shape index (κ1) is 9.48. The molecule has 1 rings (SSSR count). The van der Waals surface area contributed by atoms with E-state index >= 15 is 0 Å². The summed E-state index contributed by atoms with van der Waals surface area (Å²) in [5.74, 6) is 0.101. The van der Waals surface area contributed by atoms with E-state index in [1.54, 1.807) is 11.8 Å². The number of hydrogen-bond acceptors (Lipinski definition) is 3. The maximum absolute atomic E-state index is 11.1. The predicted molar refractivity (Wildman–Crippen MR) is 45.6 cm³/mol. The van der Waals surface area contributed by atoms with E-state index in [9.17, 15) is 4.79 Å². The molecule has 0 aromatic heterocycles. The summed E-state index contributed by atoms with van der Waals surface area (Å²) in [5.41, 5.74) is 5.45. The number of amides is 1. The number of nitrogens with zero attached hydrogens (tertiary/aromatic N) is 1. The maximum Gasteiger partial charge on any atom is 0.219 e. The third-order valence-corrected chi connectivity index (χ3v) is 2.17. The molecule has 1 aliphatic rings. The summed E-state index contributed by atoms with van der Waals surface area (Å²) < 4.78 is 5.40. The van der Waals surface area contributed by atoms with Crippen molar-refractivity contribution in [3.8, 4) is 0 Å². The molecule has 0 aliphatic carbocycles. The number of morpholine rings is 1. The third-order valence-electron chi connectivity index (χ3n) is 2.17. The monoisotopic (exact) mass is 172 g/mol. The first-order valence-corrected chi connectivity index (χ1v) is 4.24. The molecule has 70 valence electrons. The number of hydrogen-bond donors (Lipinski definition) is 1. The molecule has 1 fully saturated rings. The van der Waals surface area contributed by atoms with Gasteiger partial charge in [0.05, 0.1) is 18.8 Å².